The minimum Gasteiger partial charge on any atom is -0.408 e. The molecule has 0 saturated heterocycles. The zero-order chi connectivity index (χ0) is 14.8. The van der Waals surface area contributed by atoms with Crippen LogP contribution in [0.25, 0.3) is 11.1 Å². The van der Waals surface area contributed by atoms with E-state index in [4.69, 9.17) is 10.2 Å². The molecule has 1 atom stereocenters. The normalized spacial score (nSPS) is 16.0. The minimum absolute atomic E-state index is 0.0476. The van der Waals surface area contributed by atoms with Gasteiger partial charge in [0.2, 0.25) is 5.91 Å². The quantitative estimate of drug-likeness (QED) is 0.824. The number of rotatable bonds is 6. The smallest absolute Gasteiger partial charge is 0.408 e. The fraction of sp³-hybridized carbons (Fsp3) is 0.467. The van der Waals surface area contributed by atoms with Gasteiger partial charge in [-0.15, -0.1) is 0 Å². The molecule has 0 bridgehead atoms. The molecule has 0 radical (unpaired) electrons. The lowest BCUT2D eigenvalue weighted by Gasteiger charge is -2.11. The van der Waals surface area contributed by atoms with Crippen molar-refractivity contribution in [3.63, 3.8) is 0 Å². The van der Waals surface area contributed by atoms with Gasteiger partial charge in [0.05, 0.1) is 5.52 Å². The van der Waals surface area contributed by atoms with Crippen LogP contribution in [0.15, 0.2) is 33.5 Å². The first-order chi connectivity index (χ1) is 10.1. The number of fused-ring (bicyclic) bond motifs is 1. The average molecular weight is 289 g/mol. The van der Waals surface area contributed by atoms with Crippen LogP contribution >= 0.6 is 0 Å². The topological polar surface area (TPSA) is 90.3 Å². The second-order valence-electron chi connectivity index (χ2n) is 5.54. The van der Waals surface area contributed by atoms with Gasteiger partial charge in [-0.3, -0.25) is 9.36 Å². The van der Waals surface area contributed by atoms with Crippen molar-refractivity contribution < 1.29 is 9.21 Å². The fourth-order valence-electron chi connectivity index (χ4n) is 2.45. The Labute approximate surface area is 121 Å². The lowest BCUT2D eigenvalue weighted by Crippen LogP contribution is -2.39. The molecule has 0 spiro atoms. The van der Waals surface area contributed by atoms with Crippen molar-refractivity contribution >= 4 is 17.0 Å². The number of benzene rings is 1. The summed E-state index contributed by atoms with van der Waals surface area (Å²) >= 11 is 0. The molecule has 3 N–H and O–H groups in total. The van der Waals surface area contributed by atoms with Crippen LogP contribution in [0.3, 0.4) is 0 Å². The first kappa shape index (κ1) is 13.9. The van der Waals surface area contributed by atoms with Crippen LogP contribution in [0.1, 0.15) is 19.3 Å². The van der Waals surface area contributed by atoms with Gasteiger partial charge in [-0.25, -0.2) is 4.79 Å². The average Bonchev–Trinajstić information content (AvgIpc) is 3.27. The molecule has 112 valence electrons. The van der Waals surface area contributed by atoms with Crippen LogP contribution in [0, 0.1) is 5.92 Å². The summed E-state index contributed by atoms with van der Waals surface area (Å²) in [5, 5.41) is 2.82. The maximum Gasteiger partial charge on any atom is 0.419 e. The minimum atomic E-state index is -0.432. The molecule has 1 aliphatic carbocycles. The molecule has 21 heavy (non-hydrogen) atoms. The zero-order valence-corrected chi connectivity index (χ0v) is 11.7. The third-order valence-electron chi connectivity index (χ3n) is 3.90. The maximum absolute atomic E-state index is 11.8. The number of carbonyl (C=O) groups is 1. The van der Waals surface area contributed by atoms with Crippen molar-refractivity contribution in [2.75, 3.05) is 6.54 Å². The third kappa shape index (κ3) is 3.16. The molecular formula is C15H19N3O3. The number of hydrogen-bond acceptors (Lipinski definition) is 4. The monoisotopic (exact) mass is 289 g/mol. The van der Waals surface area contributed by atoms with Gasteiger partial charge in [0.25, 0.3) is 0 Å². The number of oxazole rings is 1. The Hall–Kier alpha value is -2.08. The molecule has 1 saturated carbocycles. The van der Waals surface area contributed by atoms with E-state index in [0.29, 0.717) is 30.1 Å². The predicted molar refractivity (Wildman–Crippen MR) is 78.8 cm³/mol. The van der Waals surface area contributed by atoms with E-state index >= 15 is 0 Å². The Morgan fingerprint density at radius 2 is 2.19 bits per heavy atom. The highest BCUT2D eigenvalue weighted by atomic mass is 16.4. The molecule has 6 heteroatoms. The lowest BCUT2D eigenvalue weighted by atomic mass is 10.2. The molecule has 2 aromatic rings. The van der Waals surface area contributed by atoms with Crippen molar-refractivity contribution in [1.29, 1.82) is 0 Å². The standard InChI is InChI=1S/C15H19N3O3/c16-11(10-5-6-10)9-17-14(19)7-8-18-12-3-1-2-4-13(12)21-15(18)20/h1-4,10-11H,5-9,16H2,(H,17,19). The Morgan fingerprint density at radius 1 is 1.43 bits per heavy atom. The summed E-state index contributed by atoms with van der Waals surface area (Å²) in [6.45, 7) is 0.810. The molecule has 1 heterocycles. The molecule has 1 unspecified atom stereocenters. The van der Waals surface area contributed by atoms with E-state index in [0.717, 1.165) is 12.8 Å². The SMILES string of the molecule is NC(CNC(=O)CCn1c(=O)oc2ccccc21)C1CC1. The number of hydrogen-bond donors (Lipinski definition) is 2. The van der Waals surface area contributed by atoms with E-state index in [1.807, 2.05) is 12.1 Å². The van der Waals surface area contributed by atoms with Crippen molar-refractivity contribution in [1.82, 2.24) is 9.88 Å². The lowest BCUT2D eigenvalue weighted by molar-refractivity contribution is -0.121. The third-order valence-corrected chi connectivity index (χ3v) is 3.90. The number of aromatic nitrogens is 1. The first-order valence-electron chi connectivity index (χ1n) is 7.26. The molecule has 1 amide bonds. The number of nitrogens with one attached hydrogen (secondary N) is 1. The van der Waals surface area contributed by atoms with Gasteiger partial charge in [-0.2, -0.15) is 0 Å². The maximum atomic E-state index is 11.8. The Morgan fingerprint density at radius 3 is 2.95 bits per heavy atom. The fourth-order valence-corrected chi connectivity index (χ4v) is 2.45. The number of amides is 1. The van der Waals surface area contributed by atoms with Crippen molar-refractivity contribution in [3.05, 3.63) is 34.8 Å². The van der Waals surface area contributed by atoms with E-state index in [9.17, 15) is 9.59 Å². The van der Waals surface area contributed by atoms with Crippen molar-refractivity contribution in [2.24, 2.45) is 11.7 Å². The van der Waals surface area contributed by atoms with E-state index in [1.165, 1.54) is 4.57 Å². The van der Waals surface area contributed by atoms with Gasteiger partial charge in [-0.1, -0.05) is 12.1 Å². The largest absolute Gasteiger partial charge is 0.419 e. The van der Waals surface area contributed by atoms with E-state index in [2.05, 4.69) is 5.32 Å². The van der Waals surface area contributed by atoms with Gasteiger partial charge in [0.15, 0.2) is 5.58 Å². The summed E-state index contributed by atoms with van der Waals surface area (Å²) in [7, 11) is 0. The Balaban J connectivity index is 1.57. The van der Waals surface area contributed by atoms with Crippen LogP contribution in [-0.2, 0) is 11.3 Å². The number of nitrogens with zero attached hydrogens (tertiary/aromatic N) is 1. The summed E-state index contributed by atoms with van der Waals surface area (Å²) in [6.07, 6.45) is 2.56. The number of nitrogens with two attached hydrogens (primary N) is 1. The van der Waals surface area contributed by atoms with Crippen LogP contribution in [0.4, 0.5) is 0 Å². The number of carbonyl (C=O) groups excluding carboxylic acids is 1. The van der Waals surface area contributed by atoms with E-state index in [1.54, 1.807) is 12.1 Å². The van der Waals surface area contributed by atoms with Crippen LogP contribution in [0.5, 0.6) is 0 Å². The van der Waals surface area contributed by atoms with Crippen LogP contribution in [-0.4, -0.2) is 23.1 Å². The Kier molecular flexibility index (Phi) is 3.79. The summed E-state index contributed by atoms with van der Waals surface area (Å²) < 4.78 is 6.61. The van der Waals surface area contributed by atoms with Gasteiger partial charge in [0.1, 0.15) is 0 Å². The molecule has 0 aliphatic heterocycles. The van der Waals surface area contributed by atoms with E-state index < -0.39 is 5.76 Å². The van der Waals surface area contributed by atoms with Crippen LogP contribution in [0.2, 0.25) is 0 Å². The number of aryl methyl sites for hydroxylation is 1. The van der Waals surface area contributed by atoms with Gasteiger partial charge >= 0.3 is 5.76 Å². The highest BCUT2D eigenvalue weighted by Crippen LogP contribution is 2.31. The molecule has 3 rings (SSSR count). The van der Waals surface area contributed by atoms with Gasteiger partial charge < -0.3 is 15.5 Å². The second kappa shape index (κ2) is 5.73. The number of para-hydroxylation sites is 2. The van der Waals surface area contributed by atoms with Crippen molar-refractivity contribution in [2.45, 2.75) is 31.8 Å². The molecule has 1 fully saturated rings. The van der Waals surface area contributed by atoms with Crippen LogP contribution < -0.4 is 16.8 Å². The molecule has 1 aromatic carbocycles. The zero-order valence-electron chi connectivity index (χ0n) is 11.7. The molecule has 1 aromatic heterocycles. The second-order valence-corrected chi connectivity index (χ2v) is 5.54. The van der Waals surface area contributed by atoms with E-state index in [-0.39, 0.29) is 18.4 Å². The van der Waals surface area contributed by atoms with Gasteiger partial charge in [0, 0.05) is 25.6 Å². The summed E-state index contributed by atoms with van der Waals surface area (Å²) in [4.78, 5) is 23.6. The molecular weight excluding hydrogens is 270 g/mol. The predicted octanol–water partition coefficient (Wildman–Crippen LogP) is 0.838. The molecule has 1 aliphatic rings. The van der Waals surface area contributed by atoms with Crippen molar-refractivity contribution in [3.8, 4) is 0 Å². The van der Waals surface area contributed by atoms with Gasteiger partial charge in [-0.05, 0) is 30.9 Å². The molecule has 6 nitrogen and oxygen atoms in total. The highest BCUT2D eigenvalue weighted by molar-refractivity contribution is 5.76. The summed E-state index contributed by atoms with van der Waals surface area (Å²) in [5.41, 5.74) is 7.18. The first-order valence-corrected chi connectivity index (χ1v) is 7.26. The summed E-state index contributed by atoms with van der Waals surface area (Å²) in [5.74, 6) is 0.0349. The highest BCUT2D eigenvalue weighted by Gasteiger charge is 2.28. The summed E-state index contributed by atoms with van der Waals surface area (Å²) in [6, 6.07) is 7.24. The Bertz CT molecular complexity index is 699.